The molecule has 0 amide bonds. The summed E-state index contributed by atoms with van der Waals surface area (Å²) in [6.45, 7) is 2.05. The van der Waals surface area contributed by atoms with Crippen molar-refractivity contribution in [3.63, 3.8) is 0 Å². The van der Waals surface area contributed by atoms with Crippen molar-refractivity contribution in [1.29, 1.82) is 0 Å². The lowest BCUT2D eigenvalue weighted by molar-refractivity contribution is 1.12. The number of nitrogens with two attached hydrogens (primary N) is 1. The molecule has 19 heavy (non-hydrogen) atoms. The largest absolute Gasteiger partial charge is 0.368 e. The second-order valence-corrected chi connectivity index (χ2v) is 6.75. The van der Waals surface area contributed by atoms with Crippen molar-refractivity contribution in [2.24, 2.45) is 0 Å². The van der Waals surface area contributed by atoms with Crippen LogP contribution in [0.4, 0.5) is 5.95 Å². The van der Waals surface area contributed by atoms with E-state index in [1.54, 1.807) is 23.1 Å². The van der Waals surface area contributed by atoms with Crippen LogP contribution in [0.25, 0.3) is 10.2 Å². The molecule has 2 aromatic heterocycles. The summed E-state index contributed by atoms with van der Waals surface area (Å²) in [6.07, 6.45) is 0. The highest BCUT2D eigenvalue weighted by Gasteiger charge is 2.10. The smallest absolute Gasteiger partial charge is 0.222 e. The second kappa shape index (κ2) is 5.00. The zero-order valence-corrected chi connectivity index (χ0v) is 12.4. The van der Waals surface area contributed by atoms with Crippen molar-refractivity contribution in [1.82, 2.24) is 9.97 Å². The molecular formula is C13H10ClN3S2. The number of anilines is 1. The Morgan fingerprint density at radius 2 is 1.95 bits per heavy atom. The predicted octanol–water partition coefficient (Wildman–Crippen LogP) is 4.39. The van der Waals surface area contributed by atoms with Gasteiger partial charge in [0.15, 0.2) is 0 Å². The van der Waals surface area contributed by atoms with Crippen LogP contribution < -0.4 is 5.73 Å². The van der Waals surface area contributed by atoms with Gasteiger partial charge in [0, 0.05) is 20.2 Å². The third-order valence-electron chi connectivity index (χ3n) is 2.53. The van der Waals surface area contributed by atoms with Gasteiger partial charge in [-0.15, -0.1) is 11.3 Å². The Labute approximate surface area is 123 Å². The minimum Gasteiger partial charge on any atom is -0.368 e. The Morgan fingerprint density at radius 3 is 2.68 bits per heavy atom. The van der Waals surface area contributed by atoms with Crippen molar-refractivity contribution in [3.05, 3.63) is 40.2 Å². The van der Waals surface area contributed by atoms with Gasteiger partial charge in [-0.25, -0.2) is 9.97 Å². The molecule has 0 unspecified atom stereocenters. The van der Waals surface area contributed by atoms with Gasteiger partial charge in [0.25, 0.3) is 0 Å². The maximum Gasteiger partial charge on any atom is 0.222 e. The third-order valence-corrected chi connectivity index (χ3v) is 4.74. The number of hydrogen-bond acceptors (Lipinski definition) is 5. The molecule has 96 valence electrons. The van der Waals surface area contributed by atoms with Gasteiger partial charge < -0.3 is 5.73 Å². The molecular weight excluding hydrogens is 298 g/mol. The Hall–Kier alpha value is -1.30. The van der Waals surface area contributed by atoms with Crippen LogP contribution in [-0.4, -0.2) is 9.97 Å². The monoisotopic (exact) mass is 307 g/mol. The number of aryl methyl sites for hydroxylation is 1. The van der Waals surface area contributed by atoms with Crippen LogP contribution in [0.2, 0.25) is 5.02 Å². The summed E-state index contributed by atoms with van der Waals surface area (Å²) in [7, 11) is 0. The van der Waals surface area contributed by atoms with E-state index in [1.807, 2.05) is 24.3 Å². The van der Waals surface area contributed by atoms with E-state index in [2.05, 4.69) is 23.0 Å². The molecule has 3 nitrogen and oxygen atoms in total. The van der Waals surface area contributed by atoms with E-state index in [-0.39, 0.29) is 0 Å². The number of rotatable bonds is 2. The van der Waals surface area contributed by atoms with E-state index < -0.39 is 0 Å². The number of nitrogen functional groups attached to an aromatic ring is 1. The number of thiophene rings is 1. The van der Waals surface area contributed by atoms with Crippen LogP contribution in [0.1, 0.15) is 4.88 Å². The number of benzene rings is 1. The zero-order chi connectivity index (χ0) is 13.4. The Balaban J connectivity index is 2.06. The quantitative estimate of drug-likeness (QED) is 0.714. The first-order chi connectivity index (χ1) is 9.11. The topological polar surface area (TPSA) is 51.8 Å². The van der Waals surface area contributed by atoms with E-state index in [0.29, 0.717) is 5.95 Å². The Bertz CT molecular complexity index is 737. The molecule has 2 N–H and O–H groups in total. The Morgan fingerprint density at radius 1 is 1.21 bits per heavy atom. The van der Waals surface area contributed by atoms with Crippen molar-refractivity contribution in [3.8, 4) is 0 Å². The third kappa shape index (κ3) is 2.68. The lowest BCUT2D eigenvalue weighted by Crippen LogP contribution is -1.95. The normalized spacial score (nSPS) is 11.1. The van der Waals surface area contributed by atoms with Gasteiger partial charge in [0.2, 0.25) is 5.95 Å². The minimum absolute atomic E-state index is 0.311. The minimum atomic E-state index is 0.311. The van der Waals surface area contributed by atoms with E-state index in [9.17, 15) is 0 Å². The maximum atomic E-state index is 5.89. The highest BCUT2D eigenvalue weighted by molar-refractivity contribution is 7.99. The maximum absolute atomic E-state index is 5.89. The SMILES string of the molecule is Cc1cc2c(Sc3ccc(Cl)cc3)nc(N)nc2s1. The molecule has 0 bridgehead atoms. The van der Waals surface area contributed by atoms with Gasteiger partial charge >= 0.3 is 0 Å². The molecule has 0 radical (unpaired) electrons. The van der Waals surface area contributed by atoms with Gasteiger partial charge in [0.1, 0.15) is 9.86 Å². The molecule has 3 rings (SSSR count). The first-order valence-electron chi connectivity index (χ1n) is 5.59. The molecule has 0 spiro atoms. The molecule has 6 heteroatoms. The lowest BCUT2D eigenvalue weighted by Gasteiger charge is -2.03. The standard InChI is InChI=1S/C13H10ClN3S2/c1-7-6-10-11(18-7)16-13(15)17-12(10)19-9-4-2-8(14)3-5-9/h2-6H,1H3,(H2,15,16,17). The van der Waals surface area contributed by atoms with Crippen LogP contribution in [-0.2, 0) is 0 Å². The molecule has 0 aliphatic carbocycles. The zero-order valence-electron chi connectivity index (χ0n) is 10.1. The van der Waals surface area contributed by atoms with E-state index in [4.69, 9.17) is 17.3 Å². The fourth-order valence-corrected chi connectivity index (χ4v) is 3.70. The number of halogens is 1. The molecule has 3 aromatic rings. The molecule has 0 saturated heterocycles. The van der Waals surface area contributed by atoms with E-state index in [0.717, 1.165) is 25.2 Å². The van der Waals surface area contributed by atoms with Gasteiger partial charge in [-0.3, -0.25) is 0 Å². The summed E-state index contributed by atoms with van der Waals surface area (Å²) >= 11 is 9.08. The number of fused-ring (bicyclic) bond motifs is 1. The molecule has 0 aliphatic heterocycles. The average Bonchev–Trinajstić information content (AvgIpc) is 2.72. The summed E-state index contributed by atoms with van der Waals surface area (Å²) in [5.74, 6) is 0.311. The summed E-state index contributed by atoms with van der Waals surface area (Å²) in [4.78, 5) is 11.8. The van der Waals surface area contributed by atoms with Gasteiger partial charge in [-0.2, -0.15) is 0 Å². The Kier molecular flexibility index (Phi) is 3.35. The molecule has 0 atom stereocenters. The molecule has 0 aliphatic rings. The van der Waals surface area contributed by atoms with E-state index in [1.165, 1.54) is 4.88 Å². The molecule has 2 heterocycles. The van der Waals surface area contributed by atoms with Gasteiger partial charge in [0.05, 0.1) is 0 Å². The highest BCUT2D eigenvalue weighted by atomic mass is 35.5. The first kappa shape index (κ1) is 12.7. The van der Waals surface area contributed by atoms with Crippen LogP contribution in [0.5, 0.6) is 0 Å². The van der Waals surface area contributed by atoms with Gasteiger partial charge in [-0.05, 0) is 37.3 Å². The lowest BCUT2D eigenvalue weighted by atomic mass is 10.4. The van der Waals surface area contributed by atoms with Crippen molar-refractivity contribution < 1.29 is 0 Å². The number of nitrogens with zero attached hydrogens (tertiary/aromatic N) is 2. The number of hydrogen-bond donors (Lipinski definition) is 1. The van der Waals surface area contributed by atoms with Crippen molar-refractivity contribution in [2.45, 2.75) is 16.8 Å². The van der Waals surface area contributed by atoms with Crippen LogP contribution >= 0.6 is 34.7 Å². The predicted molar refractivity (Wildman–Crippen MR) is 82.1 cm³/mol. The fourth-order valence-electron chi connectivity index (χ4n) is 1.72. The van der Waals surface area contributed by atoms with Crippen molar-refractivity contribution in [2.75, 3.05) is 5.73 Å². The van der Waals surface area contributed by atoms with Crippen LogP contribution in [0, 0.1) is 6.92 Å². The van der Waals surface area contributed by atoms with E-state index >= 15 is 0 Å². The van der Waals surface area contributed by atoms with Gasteiger partial charge in [-0.1, -0.05) is 23.4 Å². The highest BCUT2D eigenvalue weighted by Crippen LogP contribution is 2.35. The average molecular weight is 308 g/mol. The first-order valence-corrected chi connectivity index (χ1v) is 7.60. The molecule has 0 fully saturated rings. The number of aromatic nitrogens is 2. The molecule has 0 saturated carbocycles. The second-order valence-electron chi connectivity index (χ2n) is 4.02. The summed E-state index contributed by atoms with van der Waals surface area (Å²) in [5, 5.41) is 2.66. The van der Waals surface area contributed by atoms with Crippen LogP contribution in [0.3, 0.4) is 0 Å². The summed E-state index contributed by atoms with van der Waals surface area (Å²) in [5.41, 5.74) is 5.76. The van der Waals surface area contributed by atoms with Crippen molar-refractivity contribution >= 4 is 50.9 Å². The molecule has 1 aromatic carbocycles. The van der Waals surface area contributed by atoms with Crippen LogP contribution in [0.15, 0.2) is 40.3 Å². The fraction of sp³-hybridized carbons (Fsp3) is 0.0769. The summed E-state index contributed by atoms with van der Waals surface area (Å²) in [6, 6.07) is 9.76. The summed E-state index contributed by atoms with van der Waals surface area (Å²) < 4.78 is 0.